The third-order valence-electron chi connectivity index (χ3n) is 6.93. The van der Waals surface area contributed by atoms with E-state index in [1.165, 1.54) is 12.4 Å². The van der Waals surface area contributed by atoms with Gasteiger partial charge in [0, 0.05) is 25.0 Å². The van der Waals surface area contributed by atoms with Gasteiger partial charge in [-0.3, -0.25) is 4.98 Å². The summed E-state index contributed by atoms with van der Waals surface area (Å²) in [5.41, 5.74) is 3.37. The van der Waals surface area contributed by atoms with Crippen LogP contribution >= 0.6 is 0 Å². The minimum Gasteiger partial charge on any atom is -0.353 e. The van der Waals surface area contributed by atoms with Gasteiger partial charge in [0.2, 0.25) is 0 Å². The van der Waals surface area contributed by atoms with E-state index in [1.54, 1.807) is 18.5 Å². The van der Waals surface area contributed by atoms with Crippen LogP contribution in [0.25, 0.3) is 33.8 Å². The molecule has 1 aliphatic carbocycles. The first-order valence-electron chi connectivity index (χ1n) is 13.1. The Morgan fingerprint density at radius 2 is 1.87 bits per heavy atom. The standard InChI is InChI=1S/C26H31N7O4S/c1-16(2)33-21-10-12-27-23(24(21)31-26(33)17(3)37-22-6-4-5-13-36-22)20-9-11-28-25(30-20)18-14-29-32(15-18)38(34,35)19-7-8-19/h9-12,14-17,19,22H,4-8,13H2,1-3H3. The first-order chi connectivity index (χ1) is 18.3. The average Bonchev–Trinajstić information content (AvgIpc) is 3.52. The molecule has 1 saturated heterocycles. The molecule has 0 amide bonds. The van der Waals surface area contributed by atoms with Crippen LogP contribution in [0.2, 0.25) is 0 Å². The third kappa shape index (κ3) is 4.61. The van der Waals surface area contributed by atoms with Crippen LogP contribution in [0.1, 0.15) is 70.8 Å². The Labute approximate surface area is 221 Å². The molecule has 1 saturated carbocycles. The smallest absolute Gasteiger partial charge is 0.256 e. The van der Waals surface area contributed by atoms with Crippen molar-refractivity contribution in [2.24, 2.45) is 0 Å². The summed E-state index contributed by atoms with van der Waals surface area (Å²) < 4.78 is 40.4. The van der Waals surface area contributed by atoms with E-state index in [0.29, 0.717) is 47.7 Å². The van der Waals surface area contributed by atoms with Gasteiger partial charge in [0.1, 0.15) is 23.1 Å². The lowest BCUT2D eigenvalue weighted by Gasteiger charge is -2.26. The van der Waals surface area contributed by atoms with E-state index in [9.17, 15) is 8.42 Å². The summed E-state index contributed by atoms with van der Waals surface area (Å²) in [6.07, 6.45) is 10.2. The van der Waals surface area contributed by atoms with Crippen molar-refractivity contribution in [3.8, 4) is 22.8 Å². The molecule has 0 aromatic carbocycles. The normalized spacial score (nSPS) is 19.3. The zero-order valence-corrected chi connectivity index (χ0v) is 22.5. The van der Waals surface area contributed by atoms with Crippen molar-refractivity contribution in [3.63, 3.8) is 0 Å². The van der Waals surface area contributed by atoms with Crippen LogP contribution in [0.4, 0.5) is 0 Å². The molecule has 4 aromatic rings. The fourth-order valence-corrected chi connectivity index (χ4v) is 6.35. The molecule has 0 bridgehead atoms. The highest BCUT2D eigenvalue weighted by atomic mass is 32.2. The van der Waals surface area contributed by atoms with Crippen LogP contribution in [-0.2, 0) is 19.5 Å². The highest BCUT2D eigenvalue weighted by molar-refractivity contribution is 7.90. The lowest BCUT2D eigenvalue weighted by atomic mass is 10.2. The summed E-state index contributed by atoms with van der Waals surface area (Å²) in [6, 6.07) is 3.87. The van der Waals surface area contributed by atoms with Crippen molar-refractivity contribution in [1.29, 1.82) is 0 Å². The highest BCUT2D eigenvalue weighted by Gasteiger charge is 2.37. The Kier molecular flexibility index (Phi) is 6.48. The number of hydrogen-bond donors (Lipinski definition) is 0. The number of ether oxygens (including phenoxy) is 2. The Balaban J connectivity index is 1.37. The maximum atomic E-state index is 12.6. The van der Waals surface area contributed by atoms with Crippen LogP contribution in [0.5, 0.6) is 0 Å². The van der Waals surface area contributed by atoms with E-state index in [4.69, 9.17) is 19.4 Å². The summed E-state index contributed by atoms with van der Waals surface area (Å²) in [6.45, 7) is 6.95. The van der Waals surface area contributed by atoms with Gasteiger partial charge < -0.3 is 14.0 Å². The molecule has 11 nitrogen and oxygen atoms in total. The molecule has 5 heterocycles. The number of imidazole rings is 1. The summed E-state index contributed by atoms with van der Waals surface area (Å²) >= 11 is 0. The molecule has 0 radical (unpaired) electrons. The van der Waals surface area contributed by atoms with Crippen molar-refractivity contribution in [2.45, 2.75) is 76.6 Å². The van der Waals surface area contributed by atoms with Gasteiger partial charge in [0.25, 0.3) is 10.0 Å². The fourth-order valence-electron chi connectivity index (χ4n) is 4.87. The predicted molar refractivity (Wildman–Crippen MR) is 141 cm³/mol. The van der Waals surface area contributed by atoms with E-state index in [-0.39, 0.29) is 23.7 Å². The minimum atomic E-state index is -3.47. The fraction of sp³-hybridized carbons (Fsp3) is 0.500. The van der Waals surface area contributed by atoms with Gasteiger partial charge in [0.05, 0.1) is 34.4 Å². The zero-order chi connectivity index (χ0) is 26.4. The van der Waals surface area contributed by atoms with Crippen molar-refractivity contribution in [2.75, 3.05) is 6.61 Å². The molecule has 4 aromatic heterocycles. The van der Waals surface area contributed by atoms with E-state index in [1.807, 2.05) is 13.0 Å². The number of nitrogens with zero attached hydrogens (tertiary/aromatic N) is 7. The van der Waals surface area contributed by atoms with E-state index in [0.717, 1.165) is 34.7 Å². The van der Waals surface area contributed by atoms with Crippen molar-refractivity contribution < 1.29 is 17.9 Å². The highest BCUT2D eigenvalue weighted by Crippen LogP contribution is 2.33. The number of aromatic nitrogens is 7. The number of pyridine rings is 1. The molecule has 12 heteroatoms. The zero-order valence-electron chi connectivity index (χ0n) is 21.7. The Morgan fingerprint density at radius 1 is 1.05 bits per heavy atom. The Hall–Kier alpha value is -3.22. The van der Waals surface area contributed by atoms with E-state index < -0.39 is 10.0 Å². The molecule has 6 rings (SSSR count). The molecule has 2 fully saturated rings. The first-order valence-corrected chi connectivity index (χ1v) is 14.6. The number of hydrogen-bond acceptors (Lipinski definition) is 9. The van der Waals surface area contributed by atoms with Gasteiger partial charge in [-0.2, -0.15) is 9.19 Å². The van der Waals surface area contributed by atoms with Crippen LogP contribution in [-0.4, -0.2) is 60.3 Å². The SMILES string of the molecule is CC(OC1CCCCO1)c1nc2c(-c3ccnc(-c4cnn(S(=O)(=O)C5CC5)c4)n3)nccc2n1C(C)C. The van der Waals surface area contributed by atoms with E-state index in [2.05, 4.69) is 33.5 Å². The van der Waals surface area contributed by atoms with Crippen molar-refractivity contribution >= 4 is 21.1 Å². The molecule has 2 unspecified atom stereocenters. The quantitative estimate of drug-likeness (QED) is 0.324. The van der Waals surface area contributed by atoms with Gasteiger partial charge in [-0.1, -0.05) is 0 Å². The minimum absolute atomic E-state index is 0.142. The van der Waals surface area contributed by atoms with Crippen LogP contribution in [0.3, 0.4) is 0 Å². The van der Waals surface area contributed by atoms with Gasteiger partial charge >= 0.3 is 0 Å². The molecule has 2 atom stereocenters. The topological polar surface area (TPSA) is 127 Å². The molecule has 0 N–H and O–H groups in total. The van der Waals surface area contributed by atoms with Gasteiger partial charge in [-0.05, 0) is 65.0 Å². The second kappa shape index (κ2) is 9.83. The van der Waals surface area contributed by atoms with Crippen LogP contribution in [0.15, 0.2) is 36.9 Å². The number of rotatable bonds is 8. The van der Waals surface area contributed by atoms with Crippen LogP contribution in [0, 0.1) is 0 Å². The van der Waals surface area contributed by atoms with Crippen molar-refractivity contribution in [3.05, 3.63) is 42.7 Å². The second-order valence-electron chi connectivity index (χ2n) is 10.1. The lowest BCUT2D eigenvalue weighted by molar-refractivity contribution is -0.188. The van der Waals surface area contributed by atoms with Gasteiger partial charge in [-0.25, -0.2) is 23.4 Å². The van der Waals surface area contributed by atoms with Gasteiger partial charge in [0.15, 0.2) is 12.1 Å². The van der Waals surface area contributed by atoms with E-state index >= 15 is 0 Å². The molecular formula is C26H31N7O4S. The third-order valence-corrected chi connectivity index (χ3v) is 8.97. The monoisotopic (exact) mass is 537 g/mol. The molecule has 38 heavy (non-hydrogen) atoms. The van der Waals surface area contributed by atoms with Gasteiger partial charge in [-0.15, -0.1) is 0 Å². The maximum Gasteiger partial charge on any atom is 0.256 e. The Bertz CT molecular complexity index is 1570. The summed E-state index contributed by atoms with van der Waals surface area (Å²) in [5.74, 6) is 1.17. The first kappa shape index (κ1) is 25.1. The molecule has 0 spiro atoms. The molecule has 2 aliphatic rings. The predicted octanol–water partition coefficient (Wildman–Crippen LogP) is 4.28. The number of fused-ring (bicyclic) bond motifs is 1. The average molecular weight is 538 g/mol. The summed E-state index contributed by atoms with van der Waals surface area (Å²) in [5, 5.41) is 3.72. The summed E-state index contributed by atoms with van der Waals surface area (Å²) in [4.78, 5) is 18.7. The lowest BCUT2D eigenvalue weighted by Crippen LogP contribution is -2.25. The Morgan fingerprint density at radius 3 is 2.61 bits per heavy atom. The molecule has 200 valence electrons. The molecular weight excluding hydrogens is 506 g/mol. The largest absolute Gasteiger partial charge is 0.353 e. The molecule has 1 aliphatic heterocycles. The van der Waals surface area contributed by atoms with Crippen LogP contribution < -0.4 is 0 Å². The maximum absolute atomic E-state index is 12.6. The summed E-state index contributed by atoms with van der Waals surface area (Å²) in [7, 11) is -3.47. The second-order valence-corrected chi connectivity index (χ2v) is 12.2. The van der Waals surface area contributed by atoms with Crippen molar-refractivity contribution in [1.82, 2.24) is 33.7 Å².